The number of fused-ring (bicyclic) bond motifs is 3. The van der Waals surface area contributed by atoms with E-state index in [1.165, 1.54) is 31.4 Å². The second kappa shape index (κ2) is 8.62. The van der Waals surface area contributed by atoms with Crippen molar-refractivity contribution in [3.63, 3.8) is 0 Å². The zero-order valence-corrected chi connectivity index (χ0v) is 19.0. The molecule has 1 aromatic carbocycles. The first kappa shape index (κ1) is 20.4. The van der Waals surface area contributed by atoms with Crippen molar-refractivity contribution in [2.45, 2.75) is 51.1 Å². The van der Waals surface area contributed by atoms with Gasteiger partial charge in [0.15, 0.2) is 11.6 Å². The average molecular weight is 447 g/mol. The van der Waals surface area contributed by atoms with Gasteiger partial charge in [-0.05, 0) is 43.5 Å². The van der Waals surface area contributed by atoms with Crippen LogP contribution in [0.1, 0.15) is 50.9 Å². The summed E-state index contributed by atoms with van der Waals surface area (Å²) in [6.07, 6.45) is 9.57. The molecule has 0 spiro atoms. The lowest BCUT2D eigenvalue weighted by Gasteiger charge is -2.40. The number of hydrogen-bond acceptors (Lipinski definition) is 8. The molecular formula is C24H30N8O. The van der Waals surface area contributed by atoms with Crippen molar-refractivity contribution in [2.75, 3.05) is 41.4 Å². The maximum Gasteiger partial charge on any atom is 0.229 e. The smallest absolute Gasteiger partial charge is 0.229 e. The molecule has 9 heteroatoms. The molecule has 1 saturated carbocycles. The van der Waals surface area contributed by atoms with Crippen molar-refractivity contribution < 1.29 is 4.74 Å². The van der Waals surface area contributed by atoms with E-state index in [1.54, 1.807) is 6.33 Å². The van der Waals surface area contributed by atoms with E-state index in [4.69, 9.17) is 9.72 Å². The number of aromatic nitrogens is 5. The molecule has 172 valence electrons. The highest BCUT2D eigenvalue weighted by Gasteiger charge is 2.38. The Hall–Kier alpha value is -3.20. The number of hydrogen-bond donors (Lipinski definition) is 1. The summed E-state index contributed by atoms with van der Waals surface area (Å²) in [5.74, 6) is 2.57. The summed E-state index contributed by atoms with van der Waals surface area (Å²) in [5, 5.41) is 12.1. The Balaban J connectivity index is 1.30. The molecule has 6 rings (SSSR count). The van der Waals surface area contributed by atoms with E-state index in [0.29, 0.717) is 12.0 Å². The molecule has 1 atom stereocenters. The van der Waals surface area contributed by atoms with Crippen LogP contribution in [0, 0.1) is 0 Å². The van der Waals surface area contributed by atoms with Gasteiger partial charge in [-0.1, -0.05) is 19.8 Å². The first-order chi connectivity index (χ1) is 16.3. The summed E-state index contributed by atoms with van der Waals surface area (Å²) in [5.41, 5.74) is 3.15. The van der Waals surface area contributed by atoms with Crippen LogP contribution in [0.4, 0.5) is 23.1 Å². The standard InChI is InChI=1S/C24H30N8O/c1-2-20-23-29-26-16-31(23)21-15-25-24(28-22(21)32(20)19-5-3-4-6-19)27-17-7-9-18(10-8-17)30-11-13-33-14-12-30/h7-10,15-16,19-20H,2-6,11-14H2,1H3,(H,25,27,28). The minimum absolute atomic E-state index is 0.179. The van der Waals surface area contributed by atoms with E-state index < -0.39 is 0 Å². The van der Waals surface area contributed by atoms with E-state index in [0.717, 1.165) is 55.7 Å². The molecule has 2 aromatic heterocycles. The van der Waals surface area contributed by atoms with Crippen LogP contribution in [0.25, 0.3) is 5.69 Å². The van der Waals surface area contributed by atoms with Crippen molar-refractivity contribution in [3.8, 4) is 5.69 Å². The Morgan fingerprint density at radius 2 is 1.88 bits per heavy atom. The molecule has 1 aliphatic carbocycles. The van der Waals surface area contributed by atoms with Crippen LogP contribution in [-0.2, 0) is 4.74 Å². The predicted octanol–water partition coefficient (Wildman–Crippen LogP) is 3.85. The summed E-state index contributed by atoms with van der Waals surface area (Å²) < 4.78 is 7.51. The Morgan fingerprint density at radius 1 is 1.09 bits per heavy atom. The minimum atomic E-state index is 0.179. The molecule has 3 aromatic rings. The molecule has 1 N–H and O–H groups in total. The molecule has 9 nitrogen and oxygen atoms in total. The van der Waals surface area contributed by atoms with Crippen LogP contribution in [0.3, 0.4) is 0 Å². The molecule has 0 amide bonds. The molecule has 2 fully saturated rings. The third-order valence-corrected chi connectivity index (χ3v) is 7.07. The molecule has 0 radical (unpaired) electrons. The van der Waals surface area contributed by atoms with Crippen molar-refractivity contribution in [3.05, 3.63) is 42.6 Å². The quantitative estimate of drug-likeness (QED) is 0.633. The van der Waals surface area contributed by atoms with Gasteiger partial charge < -0.3 is 19.9 Å². The number of anilines is 4. The Labute approximate surface area is 193 Å². The van der Waals surface area contributed by atoms with Crippen LogP contribution in [0.2, 0.25) is 0 Å². The van der Waals surface area contributed by atoms with Gasteiger partial charge in [0.2, 0.25) is 5.95 Å². The Bertz CT molecular complexity index is 1100. The summed E-state index contributed by atoms with van der Waals surface area (Å²) >= 11 is 0. The number of nitrogens with one attached hydrogen (secondary N) is 1. The normalized spacial score (nSPS) is 20.6. The van der Waals surface area contributed by atoms with Crippen LogP contribution < -0.4 is 15.1 Å². The second-order valence-corrected chi connectivity index (χ2v) is 9.00. The van der Waals surface area contributed by atoms with Gasteiger partial charge in [-0.3, -0.25) is 4.57 Å². The lowest BCUT2D eigenvalue weighted by molar-refractivity contribution is 0.122. The highest BCUT2D eigenvalue weighted by Crippen LogP contribution is 2.42. The Kier molecular flexibility index (Phi) is 5.33. The average Bonchev–Trinajstić information content (AvgIpc) is 3.57. The highest BCUT2D eigenvalue weighted by atomic mass is 16.5. The van der Waals surface area contributed by atoms with Gasteiger partial charge in [-0.25, -0.2) is 4.98 Å². The number of rotatable bonds is 5. The predicted molar refractivity (Wildman–Crippen MR) is 127 cm³/mol. The van der Waals surface area contributed by atoms with Gasteiger partial charge in [-0.2, -0.15) is 4.98 Å². The number of nitrogens with zero attached hydrogens (tertiary/aromatic N) is 7. The third kappa shape index (κ3) is 3.70. The van der Waals surface area contributed by atoms with Crippen LogP contribution in [0.5, 0.6) is 0 Å². The topological polar surface area (TPSA) is 84.2 Å². The van der Waals surface area contributed by atoms with E-state index >= 15 is 0 Å². The van der Waals surface area contributed by atoms with Crippen molar-refractivity contribution in [1.29, 1.82) is 0 Å². The molecule has 33 heavy (non-hydrogen) atoms. The molecule has 3 aliphatic rings. The van der Waals surface area contributed by atoms with E-state index in [1.807, 2.05) is 6.20 Å². The second-order valence-electron chi connectivity index (χ2n) is 9.00. The maximum atomic E-state index is 5.46. The van der Waals surface area contributed by atoms with Crippen LogP contribution in [-0.4, -0.2) is 57.1 Å². The SMILES string of the molecule is CCC1c2nncn2-c2cnc(Nc3ccc(N4CCOCC4)cc3)nc2N1C1CCCC1. The number of morpholine rings is 1. The molecule has 4 heterocycles. The van der Waals surface area contributed by atoms with Gasteiger partial charge in [0, 0.05) is 30.5 Å². The molecule has 2 aliphatic heterocycles. The number of benzene rings is 1. The van der Waals surface area contributed by atoms with Crippen LogP contribution in [0.15, 0.2) is 36.8 Å². The fourth-order valence-electron chi connectivity index (χ4n) is 5.41. The Morgan fingerprint density at radius 3 is 2.64 bits per heavy atom. The summed E-state index contributed by atoms with van der Waals surface area (Å²) in [6, 6.07) is 9.14. The van der Waals surface area contributed by atoms with Gasteiger partial charge in [0.1, 0.15) is 12.0 Å². The fraction of sp³-hybridized carbons (Fsp3) is 0.500. The molecule has 1 unspecified atom stereocenters. The van der Waals surface area contributed by atoms with E-state index in [2.05, 4.69) is 66.1 Å². The molecular weight excluding hydrogens is 416 g/mol. The van der Waals surface area contributed by atoms with Crippen molar-refractivity contribution in [2.24, 2.45) is 0 Å². The zero-order valence-electron chi connectivity index (χ0n) is 19.0. The van der Waals surface area contributed by atoms with Crippen molar-refractivity contribution >= 4 is 23.1 Å². The summed E-state index contributed by atoms with van der Waals surface area (Å²) in [4.78, 5) is 14.5. The number of ether oxygens (including phenoxy) is 1. The fourth-order valence-corrected chi connectivity index (χ4v) is 5.41. The first-order valence-electron chi connectivity index (χ1n) is 12.1. The third-order valence-electron chi connectivity index (χ3n) is 7.07. The lowest BCUT2D eigenvalue weighted by atomic mass is 10.0. The minimum Gasteiger partial charge on any atom is -0.378 e. The largest absolute Gasteiger partial charge is 0.378 e. The van der Waals surface area contributed by atoms with E-state index in [9.17, 15) is 0 Å². The molecule has 1 saturated heterocycles. The van der Waals surface area contributed by atoms with Gasteiger partial charge in [-0.15, -0.1) is 10.2 Å². The van der Waals surface area contributed by atoms with E-state index in [-0.39, 0.29) is 6.04 Å². The van der Waals surface area contributed by atoms with Crippen LogP contribution >= 0.6 is 0 Å². The highest BCUT2D eigenvalue weighted by molar-refractivity contribution is 5.66. The first-order valence-corrected chi connectivity index (χ1v) is 12.1. The molecule has 0 bridgehead atoms. The summed E-state index contributed by atoms with van der Waals surface area (Å²) in [7, 11) is 0. The van der Waals surface area contributed by atoms with Crippen molar-refractivity contribution in [1.82, 2.24) is 24.7 Å². The maximum absolute atomic E-state index is 5.46. The monoisotopic (exact) mass is 446 g/mol. The summed E-state index contributed by atoms with van der Waals surface area (Å²) in [6.45, 7) is 5.65. The zero-order chi connectivity index (χ0) is 22.2. The van der Waals surface area contributed by atoms with Gasteiger partial charge >= 0.3 is 0 Å². The van der Waals surface area contributed by atoms with Gasteiger partial charge in [0.25, 0.3) is 0 Å². The van der Waals surface area contributed by atoms with Gasteiger partial charge in [0.05, 0.1) is 25.5 Å². The lowest BCUT2D eigenvalue weighted by Crippen LogP contribution is -2.42.